The molecule has 0 aliphatic rings. The van der Waals surface area contributed by atoms with E-state index in [-0.39, 0.29) is 5.91 Å². The first kappa shape index (κ1) is 14.1. The summed E-state index contributed by atoms with van der Waals surface area (Å²) in [7, 11) is 0. The van der Waals surface area contributed by atoms with Crippen LogP contribution in [-0.2, 0) is 12.8 Å². The Balaban J connectivity index is 2.35. The van der Waals surface area contributed by atoms with E-state index in [2.05, 4.69) is 24.1 Å². The molecular formula is C16H19N3O. The standard InChI is InChI=1S/C16H19N3O/c1-3-11-6-5-7-12(4-2)15(11)19-16(20)13-8-9-18-10-14(13)17/h5-10H,3-4,17H2,1-2H3,(H,19,20). The average Bonchev–Trinajstić information content (AvgIpc) is 2.47. The van der Waals surface area contributed by atoms with Crippen LogP contribution >= 0.6 is 0 Å². The van der Waals surface area contributed by atoms with E-state index in [1.165, 1.54) is 6.20 Å². The number of aromatic nitrogens is 1. The van der Waals surface area contributed by atoms with Gasteiger partial charge in [-0.2, -0.15) is 0 Å². The molecule has 20 heavy (non-hydrogen) atoms. The van der Waals surface area contributed by atoms with Gasteiger partial charge in [0.05, 0.1) is 17.4 Å². The lowest BCUT2D eigenvalue weighted by Crippen LogP contribution is -2.16. The lowest BCUT2D eigenvalue weighted by Gasteiger charge is -2.15. The van der Waals surface area contributed by atoms with Crippen molar-refractivity contribution < 1.29 is 4.79 Å². The molecule has 4 heteroatoms. The van der Waals surface area contributed by atoms with E-state index in [0.29, 0.717) is 11.3 Å². The summed E-state index contributed by atoms with van der Waals surface area (Å²) < 4.78 is 0. The number of amides is 1. The van der Waals surface area contributed by atoms with Crippen molar-refractivity contribution in [3.8, 4) is 0 Å². The van der Waals surface area contributed by atoms with Gasteiger partial charge in [0.2, 0.25) is 0 Å². The van der Waals surface area contributed by atoms with Crippen LogP contribution in [-0.4, -0.2) is 10.9 Å². The fraction of sp³-hybridized carbons (Fsp3) is 0.250. The molecule has 4 nitrogen and oxygen atoms in total. The minimum absolute atomic E-state index is 0.194. The molecule has 2 aromatic rings. The zero-order valence-corrected chi connectivity index (χ0v) is 11.8. The minimum Gasteiger partial charge on any atom is -0.397 e. The Kier molecular flexibility index (Phi) is 4.35. The van der Waals surface area contributed by atoms with Crippen molar-refractivity contribution >= 4 is 17.3 Å². The first-order valence-corrected chi connectivity index (χ1v) is 6.79. The summed E-state index contributed by atoms with van der Waals surface area (Å²) in [6.07, 6.45) is 4.80. The number of nitrogens with two attached hydrogens (primary N) is 1. The summed E-state index contributed by atoms with van der Waals surface area (Å²) in [5.74, 6) is -0.194. The molecule has 1 heterocycles. The van der Waals surface area contributed by atoms with Gasteiger partial charge in [0, 0.05) is 11.9 Å². The number of hydrogen-bond acceptors (Lipinski definition) is 3. The predicted molar refractivity (Wildman–Crippen MR) is 81.8 cm³/mol. The van der Waals surface area contributed by atoms with Crippen LogP contribution in [0.25, 0.3) is 0 Å². The van der Waals surface area contributed by atoms with Crippen LogP contribution < -0.4 is 11.1 Å². The first-order chi connectivity index (χ1) is 9.67. The third kappa shape index (κ3) is 2.79. The van der Waals surface area contributed by atoms with Crippen LogP contribution in [0.3, 0.4) is 0 Å². The molecule has 3 N–H and O–H groups in total. The second-order valence-corrected chi connectivity index (χ2v) is 4.58. The minimum atomic E-state index is -0.194. The van der Waals surface area contributed by atoms with Crippen molar-refractivity contribution in [1.29, 1.82) is 0 Å². The van der Waals surface area contributed by atoms with E-state index in [1.54, 1.807) is 12.3 Å². The normalized spacial score (nSPS) is 10.3. The van der Waals surface area contributed by atoms with Gasteiger partial charge in [0.25, 0.3) is 5.91 Å². The molecule has 0 spiro atoms. The fourth-order valence-electron chi connectivity index (χ4n) is 2.20. The molecular weight excluding hydrogens is 250 g/mol. The number of anilines is 2. The number of rotatable bonds is 4. The van der Waals surface area contributed by atoms with Gasteiger partial charge >= 0.3 is 0 Å². The van der Waals surface area contributed by atoms with Crippen LogP contribution in [0, 0.1) is 0 Å². The topological polar surface area (TPSA) is 68.0 Å². The summed E-state index contributed by atoms with van der Waals surface area (Å²) in [6, 6.07) is 7.72. The van der Waals surface area contributed by atoms with E-state index in [9.17, 15) is 4.79 Å². The number of carbonyl (C=O) groups is 1. The van der Waals surface area contributed by atoms with Gasteiger partial charge in [-0.1, -0.05) is 32.0 Å². The van der Waals surface area contributed by atoms with Crippen molar-refractivity contribution in [2.75, 3.05) is 11.1 Å². The molecule has 0 fully saturated rings. The molecule has 104 valence electrons. The van der Waals surface area contributed by atoms with E-state index in [1.807, 2.05) is 18.2 Å². The van der Waals surface area contributed by atoms with Crippen molar-refractivity contribution in [3.63, 3.8) is 0 Å². The van der Waals surface area contributed by atoms with Gasteiger partial charge in [0.1, 0.15) is 0 Å². The molecule has 0 aliphatic carbocycles. The fourth-order valence-corrected chi connectivity index (χ4v) is 2.20. The predicted octanol–water partition coefficient (Wildman–Crippen LogP) is 3.04. The number of nitrogens with one attached hydrogen (secondary N) is 1. The summed E-state index contributed by atoms with van der Waals surface area (Å²) in [5, 5.41) is 2.99. The molecule has 0 atom stereocenters. The number of carbonyl (C=O) groups excluding carboxylic acids is 1. The van der Waals surface area contributed by atoms with Gasteiger partial charge in [-0.25, -0.2) is 0 Å². The third-order valence-corrected chi connectivity index (χ3v) is 3.33. The molecule has 0 bridgehead atoms. The van der Waals surface area contributed by atoms with E-state index in [0.717, 1.165) is 29.7 Å². The van der Waals surface area contributed by atoms with E-state index < -0.39 is 0 Å². The maximum Gasteiger partial charge on any atom is 0.257 e. The highest BCUT2D eigenvalue weighted by molar-refractivity contribution is 6.08. The Hall–Kier alpha value is -2.36. The highest BCUT2D eigenvalue weighted by atomic mass is 16.1. The van der Waals surface area contributed by atoms with E-state index >= 15 is 0 Å². The first-order valence-electron chi connectivity index (χ1n) is 6.79. The molecule has 0 aliphatic heterocycles. The van der Waals surface area contributed by atoms with Gasteiger partial charge in [-0.15, -0.1) is 0 Å². The summed E-state index contributed by atoms with van der Waals surface area (Å²) >= 11 is 0. The second-order valence-electron chi connectivity index (χ2n) is 4.58. The Bertz CT molecular complexity index is 601. The van der Waals surface area contributed by atoms with Crippen molar-refractivity contribution in [1.82, 2.24) is 4.98 Å². The Labute approximate surface area is 119 Å². The molecule has 2 rings (SSSR count). The molecule has 1 amide bonds. The maximum absolute atomic E-state index is 12.4. The number of aryl methyl sites for hydroxylation is 2. The van der Waals surface area contributed by atoms with Crippen molar-refractivity contribution in [3.05, 3.63) is 53.3 Å². The smallest absolute Gasteiger partial charge is 0.257 e. The highest BCUT2D eigenvalue weighted by Gasteiger charge is 2.13. The lowest BCUT2D eigenvalue weighted by atomic mass is 10.0. The second kappa shape index (κ2) is 6.19. The van der Waals surface area contributed by atoms with Crippen LogP contribution in [0.2, 0.25) is 0 Å². The quantitative estimate of drug-likeness (QED) is 0.896. The average molecular weight is 269 g/mol. The number of nitrogens with zero attached hydrogens (tertiary/aromatic N) is 1. The van der Waals surface area contributed by atoms with Crippen molar-refractivity contribution in [2.45, 2.75) is 26.7 Å². The Morgan fingerprint density at radius 2 is 1.85 bits per heavy atom. The zero-order chi connectivity index (χ0) is 14.5. The largest absolute Gasteiger partial charge is 0.397 e. The summed E-state index contributed by atoms with van der Waals surface area (Å²) in [4.78, 5) is 16.2. The van der Waals surface area contributed by atoms with Crippen LogP contribution in [0.15, 0.2) is 36.7 Å². The van der Waals surface area contributed by atoms with Gasteiger partial charge < -0.3 is 11.1 Å². The highest BCUT2D eigenvalue weighted by Crippen LogP contribution is 2.24. The zero-order valence-electron chi connectivity index (χ0n) is 11.8. The van der Waals surface area contributed by atoms with Crippen LogP contribution in [0.1, 0.15) is 35.3 Å². The monoisotopic (exact) mass is 269 g/mol. The summed E-state index contributed by atoms with van der Waals surface area (Å²) in [6.45, 7) is 4.15. The lowest BCUT2D eigenvalue weighted by molar-refractivity contribution is 0.102. The van der Waals surface area contributed by atoms with Crippen molar-refractivity contribution in [2.24, 2.45) is 0 Å². The number of benzene rings is 1. The van der Waals surface area contributed by atoms with Gasteiger partial charge in [0.15, 0.2) is 0 Å². The van der Waals surface area contributed by atoms with Gasteiger partial charge in [-0.05, 0) is 30.0 Å². The summed E-state index contributed by atoms with van der Waals surface area (Å²) in [5.41, 5.74) is 9.79. The van der Waals surface area contributed by atoms with Gasteiger partial charge in [-0.3, -0.25) is 9.78 Å². The molecule has 0 saturated heterocycles. The maximum atomic E-state index is 12.4. The molecule has 0 unspecified atom stereocenters. The number of hydrogen-bond donors (Lipinski definition) is 2. The SMILES string of the molecule is CCc1cccc(CC)c1NC(=O)c1ccncc1N. The number of nitrogen functional groups attached to an aromatic ring is 1. The molecule has 0 radical (unpaired) electrons. The van der Waals surface area contributed by atoms with Crippen LogP contribution in [0.5, 0.6) is 0 Å². The number of pyridine rings is 1. The molecule has 1 aromatic carbocycles. The van der Waals surface area contributed by atoms with E-state index in [4.69, 9.17) is 5.73 Å². The molecule has 0 saturated carbocycles. The molecule has 1 aromatic heterocycles. The van der Waals surface area contributed by atoms with Crippen LogP contribution in [0.4, 0.5) is 11.4 Å². The Morgan fingerprint density at radius 3 is 2.40 bits per heavy atom. The third-order valence-electron chi connectivity index (χ3n) is 3.33. The Morgan fingerprint density at radius 1 is 1.20 bits per heavy atom. The number of para-hydroxylation sites is 1.